The van der Waals surface area contributed by atoms with Crippen LogP contribution in [0.3, 0.4) is 0 Å². The van der Waals surface area contributed by atoms with E-state index in [0.717, 1.165) is 18.9 Å². The van der Waals surface area contributed by atoms with Crippen LogP contribution in [-0.4, -0.2) is 17.6 Å². The number of aromatic nitrogens is 1. The van der Waals surface area contributed by atoms with Gasteiger partial charge in [-0.2, -0.15) is 0 Å². The van der Waals surface area contributed by atoms with E-state index in [4.69, 9.17) is 0 Å². The topological polar surface area (TPSA) is 24.9 Å². The second-order valence-electron chi connectivity index (χ2n) is 5.84. The minimum atomic E-state index is 0.526. The van der Waals surface area contributed by atoms with Gasteiger partial charge in [0.2, 0.25) is 0 Å². The highest BCUT2D eigenvalue weighted by molar-refractivity contribution is 7.07. The fraction of sp³-hybridized carbons (Fsp3) is 0.769. The summed E-state index contributed by atoms with van der Waals surface area (Å²) in [5.41, 5.74) is 3.66. The van der Waals surface area contributed by atoms with Gasteiger partial charge in [-0.15, -0.1) is 11.3 Å². The number of thiazole rings is 1. The van der Waals surface area contributed by atoms with E-state index in [-0.39, 0.29) is 0 Å². The number of hydrogen-bond acceptors (Lipinski definition) is 3. The van der Waals surface area contributed by atoms with Gasteiger partial charge in [0.05, 0.1) is 11.2 Å². The molecular weight excluding hydrogens is 216 g/mol. The summed E-state index contributed by atoms with van der Waals surface area (Å²) in [6, 6.07) is 0.702. The van der Waals surface area contributed by atoms with Gasteiger partial charge in [0, 0.05) is 24.4 Å². The summed E-state index contributed by atoms with van der Waals surface area (Å²) in [5.74, 6) is 0.811. The van der Waals surface area contributed by atoms with Gasteiger partial charge >= 0.3 is 0 Å². The molecular formula is C13H22N2S. The van der Waals surface area contributed by atoms with Crippen LogP contribution in [0.5, 0.6) is 0 Å². The Morgan fingerprint density at radius 1 is 1.50 bits per heavy atom. The van der Waals surface area contributed by atoms with E-state index in [2.05, 4.69) is 36.5 Å². The van der Waals surface area contributed by atoms with Gasteiger partial charge in [-0.05, 0) is 24.2 Å². The number of nitrogens with zero attached hydrogens (tertiary/aromatic N) is 1. The normalized spacial score (nSPS) is 28.4. The summed E-state index contributed by atoms with van der Waals surface area (Å²) in [4.78, 5) is 4.31. The van der Waals surface area contributed by atoms with Crippen LogP contribution in [0.2, 0.25) is 0 Å². The van der Waals surface area contributed by atoms with Crippen molar-refractivity contribution in [1.29, 1.82) is 0 Å². The van der Waals surface area contributed by atoms with E-state index < -0.39 is 0 Å². The van der Waals surface area contributed by atoms with Crippen molar-refractivity contribution in [3.63, 3.8) is 0 Å². The van der Waals surface area contributed by atoms with Crippen LogP contribution in [-0.2, 0) is 6.42 Å². The molecule has 1 aliphatic rings. The van der Waals surface area contributed by atoms with Gasteiger partial charge in [-0.25, -0.2) is 4.98 Å². The van der Waals surface area contributed by atoms with E-state index in [1.165, 1.54) is 18.5 Å². The maximum absolute atomic E-state index is 4.31. The first-order valence-corrected chi connectivity index (χ1v) is 7.11. The highest BCUT2D eigenvalue weighted by Crippen LogP contribution is 2.40. The van der Waals surface area contributed by atoms with Crippen LogP contribution in [0, 0.1) is 11.3 Å². The van der Waals surface area contributed by atoms with Gasteiger partial charge < -0.3 is 5.32 Å². The van der Waals surface area contributed by atoms with Crippen molar-refractivity contribution in [3.8, 4) is 0 Å². The van der Waals surface area contributed by atoms with Gasteiger partial charge in [-0.1, -0.05) is 20.8 Å². The van der Waals surface area contributed by atoms with Gasteiger partial charge in [0.25, 0.3) is 0 Å². The first kappa shape index (κ1) is 12.1. The molecule has 2 nitrogen and oxygen atoms in total. The maximum Gasteiger partial charge on any atom is 0.0794 e. The molecule has 0 bridgehead atoms. The third-order valence-electron chi connectivity index (χ3n) is 3.61. The van der Waals surface area contributed by atoms with Gasteiger partial charge in [0.1, 0.15) is 0 Å². The Morgan fingerprint density at radius 2 is 2.31 bits per heavy atom. The zero-order valence-corrected chi connectivity index (χ0v) is 11.3. The van der Waals surface area contributed by atoms with Crippen LogP contribution in [0.1, 0.15) is 39.3 Å². The highest BCUT2D eigenvalue weighted by Gasteiger charge is 2.35. The van der Waals surface area contributed by atoms with Gasteiger partial charge in [0.15, 0.2) is 0 Å². The third kappa shape index (κ3) is 3.05. The predicted molar refractivity (Wildman–Crippen MR) is 69.8 cm³/mol. The molecule has 0 aliphatic heterocycles. The summed E-state index contributed by atoms with van der Waals surface area (Å²) in [6.07, 6.45) is 3.72. The quantitative estimate of drug-likeness (QED) is 0.872. The van der Waals surface area contributed by atoms with E-state index in [9.17, 15) is 0 Å². The first-order valence-electron chi connectivity index (χ1n) is 6.17. The lowest BCUT2D eigenvalue weighted by Gasteiger charge is -2.18. The van der Waals surface area contributed by atoms with Crippen molar-refractivity contribution in [2.45, 2.75) is 46.1 Å². The van der Waals surface area contributed by atoms with Crippen molar-refractivity contribution in [1.82, 2.24) is 10.3 Å². The number of nitrogens with one attached hydrogen (secondary N) is 1. The fourth-order valence-electron chi connectivity index (χ4n) is 2.91. The minimum absolute atomic E-state index is 0.526. The maximum atomic E-state index is 4.31. The SMILES string of the molecule is C[C@@H]1CC(C)(C)C[C@@H]1NCCc1cscn1. The lowest BCUT2D eigenvalue weighted by Crippen LogP contribution is -2.33. The van der Waals surface area contributed by atoms with Crippen molar-refractivity contribution in [3.05, 3.63) is 16.6 Å². The minimum Gasteiger partial charge on any atom is -0.313 e. The second kappa shape index (κ2) is 4.84. The molecule has 0 saturated heterocycles. The highest BCUT2D eigenvalue weighted by atomic mass is 32.1. The van der Waals surface area contributed by atoms with Crippen LogP contribution in [0.4, 0.5) is 0 Å². The standard InChI is InChI=1S/C13H22N2S/c1-10-6-13(2,3)7-12(10)14-5-4-11-8-16-9-15-11/h8-10,12,14H,4-7H2,1-3H3/t10-,12+/m1/s1. The molecule has 90 valence electrons. The number of rotatable bonds is 4. The molecule has 1 fully saturated rings. The molecule has 1 aromatic heterocycles. The molecule has 1 saturated carbocycles. The Kier molecular flexibility index (Phi) is 3.65. The molecule has 0 unspecified atom stereocenters. The zero-order valence-electron chi connectivity index (χ0n) is 10.5. The fourth-order valence-corrected chi connectivity index (χ4v) is 3.51. The predicted octanol–water partition coefficient (Wildman–Crippen LogP) is 3.10. The lowest BCUT2D eigenvalue weighted by molar-refractivity contribution is 0.362. The van der Waals surface area contributed by atoms with Crippen LogP contribution in [0.25, 0.3) is 0 Å². The van der Waals surface area contributed by atoms with E-state index in [1.807, 2.05) is 5.51 Å². The molecule has 3 heteroatoms. The van der Waals surface area contributed by atoms with Crippen molar-refractivity contribution >= 4 is 11.3 Å². The Morgan fingerprint density at radius 3 is 2.88 bits per heavy atom. The molecule has 1 aliphatic carbocycles. The van der Waals surface area contributed by atoms with E-state index in [1.54, 1.807) is 11.3 Å². The molecule has 2 rings (SSSR count). The Labute approximate surface area is 102 Å². The molecule has 0 amide bonds. The lowest BCUT2D eigenvalue weighted by atomic mass is 9.91. The average molecular weight is 238 g/mol. The van der Waals surface area contributed by atoms with Crippen molar-refractivity contribution in [2.24, 2.45) is 11.3 Å². The Balaban J connectivity index is 1.74. The zero-order chi connectivity index (χ0) is 11.6. The van der Waals surface area contributed by atoms with Crippen molar-refractivity contribution in [2.75, 3.05) is 6.54 Å². The molecule has 1 aromatic rings. The summed E-state index contributed by atoms with van der Waals surface area (Å²) >= 11 is 1.68. The molecule has 16 heavy (non-hydrogen) atoms. The van der Waals surface area contributed by atoms with Crippen LogP contribution < -0.4 is 5.32 Å². The molecule has 0 spiro atoms. The van der Waals surface area contributed by atoms with Crippen molar-refractivity contribution < 1.29 is 0 Å². The van der Waals surface area contributed by atoms with E-state index >= 15 is 0 Å². The summed E-state index contributed by atoms with van der Waals surface area (Å²) < 4.78 is 0. The summed E-state index contributed by atoms with van der Waals surface area (Å²) in [6.45, 7) is 8.20. The average Bonchev–Trinajstić information content (AvgIpc) is 2.75. The summed E-state index contributed by atoms with van der Waals surface area (Å²) in [7, 11) is 0. The molecule has 1 N–H and O–H groups in total. The van der Waals surface area contributed by atoms with Crippen LogP contribution in [0.15, 0.2) is 10.9 Å². The van der Waals surface area contributed by atoms with Gasteiger partial charge in [-0.3, -0.25) is 0 Å². The second-order valence-corrected chi connectivity index (χ2v) is 6.56. The first-order chi connectivity index (χ1) is 7.57. The Hall–Kier alpha value is -0.410. The molecule has 0 aromatic carbocycles. The smallest absolute Gasteiger partial charge is 0.0794 e. The molecule has 0 radical (unpaired) electrons. The third-order valence-corrected chi connectivity index (χ3v) is 4.24. The van der Waals surface area contributed by atoms with E-state index in [0.29, 0.717) is 11.5 Å². The largest absolute Gasteiger partial charge is 0.313 e. The number of hydrogen-bond donors (Lipinski definition) is 1. The molecule has 2 atom stereocenters. The molecule has 1 heterocycles. The Bertz CT molecular complexity index is 319. The monoisotopic (exact) mass is 238 g/mol. The van der Waals surface area contributed by atoms with Crippen LogP contribution >= 0.6 is 11.3 Å². The summed E-state index contributed by atoms with van der Waals surface area (Å²) in [5, 5.41) is 5.83.